The van der Waals surface area contributed by atoms with Gasteiger partial charge in [-0.05, 0) is 25.0 Å². The van der Waals surface area contributed by atoms with Gasteiger partial charge in [0.25, 0.3) is 0 Å². The summed E-state index contributed by atoms with van der Waals surface area (Å²) in [5.74, 6) is 2.25. The summed E-state index contributed by atoms with van der Waals surface area (Å²) in [6, 6.07) is 3.83. The zero-order chi connectivity index (χ0) is 17.3. The molecule has 1 aliphatic rings. The minimum absolute atomic E-state index is 0.467. The van der Waals surface area contributed by atoms with Crippen LogP contribution in [-0.4, -0.2) is 39.3 Å². The standard InChI is InChI=1S/C18H20N8/c1-2-5-13(4-1)17-23-18(15-11-20-16-6-3-8-22-26(15)16)25(24-17)9-7-14-10-19-12-21-14/h3,6,8,10-13H,1-2,4-5,7,9H2,(H,19,21). The van der Waals surface area contributed by atoms with E-state index in [9.17, 15) is 0 Å². The van der Waals surface area contributed by atoms with Crippen molar-refractivity contribution in [1.29, 1.82) is 0 Å². The van der Waals surface area contributed by atoms with Crippen molar-refractivity contribution >= 4 is 5.65 Å². The molecule has 1 fully saturated rings. The highest BCUT2D eigenvalue weighted by molar-refractivity contribution is 5.56. The van der Waals surface area contributed by atoms with E-state index in [0.717, 1.165) is 41.6 Å². The Kier molecular flexibility index (Phi) is 3.73. The van der Waals surface area contributed by atoms with Crippen molar-refractivity contribution in [3.63, 3.8) is 0 Å². The number of nitrogens with zero attached hydrogens (tertiary/aromatic N) is 7. The van der Waals surface area contributed by atoms with Gasteiger partial charge >= 0.3 is 0 Å². The lowest BCUT2D eigenvalue weighted by molar-refractivity contribution is 0.584. The Morgan fingerprint density at radius 2 is 2.12 bits per heavy atom. The minimum Gasteiger partial charge on any atom is -0.348 e. The normalized spacial score (nSPS) is 15.2. The smallest absolute Gasteiger partial charge is 0.178 e. The lowest BCUT2D eigenvalue weighted by Crippen LogP contribution is -2.07. The van der Waals surface area contributed by atoms with Gasteiger partial charge in [-0.25, -0.2) is 24.1 Å². The van der Waals surface area contributed by atoms with E-state index in [-0.39, 0.29) is 0 Å². The van der Waals surface area contributed by atoms with Crippen LogP contribution in [0.2, 0.25) is 0 Å². The van der Waals surface area contributed by atoms with Gasteiger partial charge in [-0.15, -0.1) is 0 Å². The molecule has 4 aromatic rings. The van der Waals surface area contributed by atoms with Crippen molar-refractivity contribution in [2.24, 2.45) is 0 Å². The van der Waals surface area contributed by atoms with Crippen LogP contribution in [0.5, 0.6) is 0 Å². The quantitative estimate of drug-likeness (QED) is 0.599. The van der Waals surface area contributed by atoms with E-state index in [4.69, 9.17) is 10.1 Å². The van der Waals surface area contributed by atoms with Crippen LogP contribution in [0.1, 0.15) is 43.1 Å². The van der Waals surface area contributed by atoms with Crippen LogP contribution in [0.4, 0.5) is 0 Å². The molecule has 4 heterocycles. The third kappa shape index (κ3) is 2.67. The van der Waals surface area contributed by atoms with Crippen molar-refractivity contribution in [2.45, 2.75) is 44.6 Å². The van der Waals surface area contributed by atoms with Crippen LogP contribution in [0.3, 0.4) is 0 Å². The van der Waals surface area contributed by atoms with Gasteiger partial charge in [0.05, 0.1) is 12.5 Å². The number of imidazole rings is 2. The highest BCUT2D eigenvalue weighted by Crippen LogP contribution is 2.33. The van der Waals surface area contributed by atoms with Crippen molar-refractivity contribution < 1.29 is 0 Å². The fourth-order valence-corrected chi connectivity index (χ4v) is 3.69. The number of H-pyrrole nitrogens is 1. The van der Waals surface area contributed by atoms with Gasteiger partial charge in [-0.1, -0.05) is 12.8 Å². The number of hydrogen-bond acceptors (Lipinski definition) is 5. The Hall–Kier alpha value is -3.03. The summed E-state index contributed by atoms with van der Waals surface area (Å²) in [4.78, 5) is 16.6. The van der Waals surface area contributed by atoms with Gasteiger partial charge < -0.3 is 4.98 Å². The second kappa shape index (κ2) is 6.36. The number of hydrogen-bond donors (Lipinski definition) is 1. The van der Waals surface area contributed by atoms with E-state index in [2.05, 4.69) is 20.1 Å². The first-order chi connectivity index (χ1) is 12.9. The third-order valence-electron chi connectivity index (χ3n) is 5.06. The van der Waals surface area contributed by atoms with Crippen LogP contribution in [-0.2, 0) is 13.0 Å². The zero-order valence-electron chi connectivity index (χ0n) is 14.4. The van der Waals surface area contributed by atoms with Crippen molar-refractivity contribution in [2.75, 3.05) is 0 Å². The Balaban J connectivity index is 1.55. The van der Waals surface area contributed by atoms with Crippen molar-refractivity contribution in [1.82, 2.24) is 39.3 Å². The van der Waals surface area contributed by atoms with Gasteiger partial charge in [0.1, 0.15) is 5.69 Å². The number of nitrogens with one attached hydrogen (secondary N) is 1. The SMILES string of the molecule is c1cnn2c(-c3nc(C4CCCC4)nn3CCc3cnc[nH]3)cnc2c1. The minimum atomic E-state index is 0.467. The largest absolute Gasteiger partial charge is 0.348 e. The summed E-state index contributed by atoms with van der Waals surface area (Å²) < 4.78 is 3.82. The average Bonchev–Trinajstić information content (AvgIpc) is 3.46. The summed E-state index contributed by atoms with van der Waals surface area (Å²) in [5.41, 5.74) is 2.78. The van der Waals surface area contributed by atoms with Gasteiger partial charge in [0.2, 0.25) is 0 Å². The molecule has 1 N–H and O–H groups in total. The van der Waals surface area contributed by atoms with Crippen molar-refractivity contribution in [3.8, 4) is 11.5 Å². The topological polar surface area (TPSA) is 89.6 Å². The fourth-order valence-electron chi connectivity index (χ4n) is 3.69. The second-order valence-electron chi connectivity index (χ2n) is 6.76. The molecule has 1 saturated carbocycles. The summed E-state index contributed by atoms with van der Waals surface area (Å²) in [6.45, 7) is 0.733. The van der Waals surface area contributed by atoms with E-state index in [1.54, 1.807) is 12.5 Å². The van der Waals surface area contributed by atoms with Crippen LogP contribution in [0.25, 0.3) is 17.2 Å². The summed E-state index contributed by atoms with van der Waals surface area (Å²) in [6.07, 6.45) is 12.9. The van der Waals surface area contributed by atoms with E-state index in [1.807, 2.05) is 33.7 Å². The molecule has 5 rings (SSSR count). The number of aromatic nitrogens is 8. The number of aromatic amines is 1. The van der Waals surface area contributed by atoms with Crippen molar-refractivity contribution in [3.05, 3.63) is 48.6 Å². The predicted molar refractivity (Wildman–Crippen MR) is 95.5 cm³/mol. The molecule has 0 atom stereocenters. The van der Waals surface area contributed by atoms with Gasteiger partial charge in [0, 0.05) is 37.0 Å². The molecular weight excluding hydrogens is 328 g/mol. The molecule has 0 aromatic carbocycles. The molecule has 132 valence electrons. The molecule has 0 unspecified atom stereocenters. The van der Waals surface area contributed by atoms with Crippen LogP contribution < -0.4 is 0 Å². The Bertz CT molecular complexity index is 1010. The van der Waals surface area contributed by atoms with Crippen LogP contribution >= 0.6 is 0 Å². The highest BCUT2D eigenvalue weighted by atomic mass is 15.4. The molecule has 0 bridgehead atoms. The molecular formula is C18H20N8. The lowest BCUT2D eigenvalue weighted by atomic mass is 10.1. The molecule has 4 aromatic heterocycles. The van der Waals surface area contributed by atoms with E-state index in [1.165, 1.54) is 25.7 Å². The van der Waals surface area contributed by atoms with Gasteiger partial charge in [0.15, 0.2) is 17.3 Å². The maximum absolute atomic E-state index is 4.91. The van der Waals surface area contributed by atoms with Gasteiger partial charge in [-0.3, -0.25) is 0 Å². The molecule has 0 spiro atoms. The molecule has 0 saturated heterocycles. The van der Waals surface area contributed by atoms with E-state index >= 15 is 0 Å². The first-order valence-electron chi connectivity index (χ1n) is 9.09. The van der Waals surface area contributed by atoms with E-state index in [0.29, 0.717) is 5.92 Å². The van der Waals surface area contributed by atoms with Crippen LogP contribution in [0, 0.1) is 0 Å². The molecule has 0 radical (unpaired) electrons. The maximum Gasteiger partial charge on any atom is 0.178 e. The fraction of sp³-hybridized carbons (Fsp3) is 0.389. The number of rotatable bonds is 5. The average molecular weight is 348 g/mol. The third-order valence-corrected chi connectivity index (χ3v) is 5.06. The highest BCUT2D eigenvalue weighted by Gasteiger charge is 2.24. The summed E-state index contributed by atoms with van der Waals surface area (Å²) in [5, 5.41) is 9.29. The first kappa shape index (κ1) is 15.2. The second-order valence-corrected chi connectivity index (χ2v) is 6.76. The first-order valence-corrected chi connectivity index (χ1v) is 9.09. The molecule has 0 aliphatic heterocycles. The molecule has 8 nitrogen and oxygen atoms in total. The summed E-state index contributed by atoms with van der Waals surface area (Å²) >= 11 is 0. The van der Waals surface area contributed by atoms with Gasteiger partial charge in [-0.2, -0.15) is 10.2 Å². The zero-order valence-corrected chi connectivity index (χ0v) is 14.4. The Labute approximate surface area is 150 Å². The Morgan fingerprint density at radius 3 is 2.96 bits per heavy atom. The molecule has 0 amide bonds. The predicted octanol–water partition coefficient (Wildman–Crippen LogP) is 2.61. The molecule has 8 heteroatoms. The molecule has 1 aliphatic carbocycles. The van der Waals surface area contributed by atoms with Crippen LogP contribution in [0.15, 0.2) is 37.1 Å². The Morgan fingerprint density at radius 1 is 1.19 bits per heavy atom. The summed E-state index contributed by atoms with van der Waals surface area (Å²) in [7, 11) is 0. The monoisotopic (exact) mass is 348 g/mol. The number of aryl methyl sites for hydroxylation is 2. The van der Waals surface area contributed by atoms with E-state index < -0.39 is 0 Å². The molecule has 26 heavy (non-hydrogen) atoms. The number of fused-ring (bicyclic) bond motifs is 1. The lowest BCUT2D eigenvalue weighted by Gasteiger charge is -2.04. The maximum atomic E-state index is 4.91.